The molecule has 36 heavy (non-hydrogen) atoms. The van der Waals surface area contributed by atoms with Crippen molar-refractivity contribution in [3.05, 3.63) is 81.7 Å². The van der Waals surface area contributed by atoms with Gasteiger partial charge in [-0.25, -0.2) is 19.3 Å². The molecule has 12 heteroatoms. The molecular weight excluding hydrogens is 487 g/mol. The van der Waals surface area contributed by atoms with E-state index in [1.165, 1.54) is 29.1 Å². The average Bonchev–Trinajstić information content (AvgIpc) is 3.28. The molecular formula is C24H20ClFN8O2. The van der Waals surface area contributed by atoms with E-state index in [9.17, 15) is 9.18 Å². The summed E-state index contributed by atoms with van der Waals surface area (Å²) < 4.78 is 21.1. The Morgan fingerprint density at radius 2 is 2.00 bits per heavy atom. The first-order chi connectivity index (χ1) is 17.4. The maximum absolute atomic E-state index is 14.2. The Hall–Kier alpha value is -4.38. The van der Waals surface area contributed by atoms with Gasteiger partial charge in [-0.1, -0.05) is 30.7 Å². The van der Waals surface area contributed by atoms with Crippen molar-refractivity contribution in [1.82, 2.24) is 29.7 Å². The summed E-state index contributed by atoms with van der Waals surface area (Å²) in [5.41, 5.74) is 6.73. The summed E-state index contributed by atoms with van der Waals surface area (Å²) in [5, 5.41) is 11.7. The molecule has 0 bridgehead atoms. The van der Waals surface area contributed by atoms with Gasteiger partial charge in [-0.3, -0.25) is 9.36 Å². The number of nitrogens with one attached hydrogen (secondary N) is 1. The lowest BCUT2D eigenvalue weighted by molar-refractivity contribution is 0.532. The molecule has 10 nitrogen and oxygen atoms in total. The number of fused-ring (bicyclic) bond motifs is 1. The summed E-state index contributed by atoms with van der Waals surface area (Å²) in [6.07, 6.45) is 1.77. The largest absolute Gasteiger partial charge is 0.421 e. The van der Waals surface area contributed by atoms with E-state index in [2.05, 4.69) is 25.5 Å². The number of anilines is 2. The Morgan fingerprint density at radius 3 is 2.72 bits per heavy atom. The molecule has 1 atom stereocenters. The number of nitrogens with two attached hydrogens (primary N) is 1. The Kier molecular flexibility index (Phi) is 6.06. The molecule has 0 fully saturated rings. The second-order valence-corrected chi connectivity index (χ2v) is 8.35. The van der Waals surface area contributed by atoms with E-state index in [0.29, 0.717) is 40.7 Å². The van der Waals surface area contributed by atoms with Gasteiger partial charge in [0.25, 0.3) is 11.4 Å². The maximum Gasteiger partial charge on any atom is 0.267 e. The number of halogens is 2. The van der Waals surface area contributed by atoms with Gasteiger partial charge < -0.3 is 15.5 Å². The highest BCUT2D eigenvalue weighted by Gasteiger charge is 2.25. The van der Waals surface area contributed by atoms with Gasteiger partial charge in [-0.05, 0) is 36.8 Å². The fourth-order valence-corrected chi connectivity index (χ4v) is 4.19. The Bertz CT molecular complexity index is 1650. The SMILES string of the molecule is CCC(Nc1ncnc(N)c1-c1nnc(C)o1)c1nc2cccc(Cl)c2c(=O)n1-c1cccc(F)c1. The summed E-state index contributed by atoms with van der Waals surface area (Å²) in [6, 6.07) is 10.2. The standard InChI is InChI=1S/C24H20ClFN8O2/c1-3-16(30-21-19(20(27)28-11-29-21)23-33-32-12(2)36-23)22-31-17-9-5-8-15(25)18(17)24(35)34(22)14-7-4-6-13(26)10-14/h4-11,16H,3H2,1-2H3,(H3,27,28,29,30). The summed E-state index contributed by atoms with van der Waals surface area (Å²) in [7, 11) is 0. The van der Waals surface area contributed by atoms with Crippen molar-refractivity contribution in [3.63, 3.8) is 0 Å². The zero-order valence-electron chi connectivity index (χ0n) is 19.2. The summed E-state index contributed by atoms with van der Waals surface area (Å²) in [4.78, 5) is 26.8. The predicted octanol–water partition coefficient (Wildman–Crippen LogP) is 4.47. The van der Waals surface area contributed by atoms with E-state index in [1.807, 2.05) is 6.92 Å². The number of rotatable bonds is 6. The van der Waals surface area contributed by atoms with Crippen molar-refractivity contribution in [2.24, 2.45) is 0 Å². The predicted molar refractivity (Wildman–Crippen MR) is 133 cm³/mol. The number of nitrogens with zero attached hydrogens (tertiary/aromatic N) is 6. The van der Waals surface area contributed by atoms with Crippen LogP contribution in [0.2, 0.25) is 5.02 Å². The molecule has 3 N–H and O–H groups in total. The third-order valence-corrected chi connectivity index (χ3v) is 5.90. The average molecular weight is 507 g/mol. The van der Waals surface area contributed by atoms with E-state index < -0.39 is 17.4 Å². The van der Waals surface area contributed by atoms with Crippen LogP contribution in [0.4, 0.5) is 16.0 Å². The molecule has 5 aromatic rings. The summed E-state index contributed by atoms with van der Waals surface area (Å²) in [5.74, 6) is 0.759. The highest BCUT2D eigenvalue weighted by atomic mass is 35.5. The number of nitrogen functional groups attached to an aromatic ring is 1. The smallest absolute Gasteiger partial charge is 0.267 e. The topological polar surface area (TPSA) is 138 Å². The molecule has 3 aromatic heterocycles. The minimum absolute atomic E-state index is 0.131. The molecule has 1 unspecified atom stereocenters. The molecule has 0 saturated carbocycles. The van der Waals surface area contributed by atoms with Crippen molar-refractivity contribution in [1.29, 1.82) is 0 Å². The number of hydrogen-bond donors (Lipinski definition) is 2. The summed E-state index contributed by atoms with van der Waals surface area (Å²) >= 11 is 6.36. The fourth-order valence-electron chi connectivity index (χ4n) is 3.94. The Balaban J connectivity index is 1.72. The normalized spacial score (nSPS) is 12.1. The first-order valence-electron chi connectivity index (χ1n) is 11.0. The molecule has 0 aliphatic rings. The van der Waals surface area contributed by atoms with E-state index in [1.54, 1.807) is 31.2 Å². The highest BCUT2D eigenvalue weighted by Crippen LogP contribution is 2.33. The van der Waals surface area contributed by atoms with E-state index in [4.69, 9.17) is 26.7 Å². The zero-order chi connectivity index (χ0) is 25.4. The lowest BCUT2D eigenvalue weighted by Gasteiger charge is -2.23. The third-order valence-electron chi connectivity index (χ3n) is 5.59. The molecule has 2 aromatic carbocycles. The number of aromatic nitrogens is 6. The highest BCUT2D eigenvalue weighted by molar-refractivity contribution is 6.35. The maximum atomic E-state index is 14.2. The zero-order valence-corrected chi connectivity index (χ0v) is 20.0. The van der Waals surface area contributed by atoms with Crippen LogP contribution in [0.25, 0.3) is 28.0 Å². The van der Waals surface area contributed by atoms with Crippen LogP contribution in [-0.4, -0.2) is 29.7 Å². The van der Waals surface area contributed by atoms with Crippen LogP contribution >= 0.6 is 11.6 Å². The molecule has 0 spiro atoms. The minimum Gasteiger partial charge on any atom is -0.421 e. The Morgan fingerprint density at radius 1 is 1.19 bits per heavy atom. The van der Waals surface area contributed by atoms with Crippen molar-refractivity contribution in [3.8, 4) is 17.1 Å². The number of aryl methyl sites for hydroxylation is 1. The molecule has 0 amide bonds. The van der Waals surface area contributed by atoms with Crippen LogP contribution in [-0.2, 0) is 0 Å². The van der Waals surface area contributed by atoms with Crippen LogP contribution < -0.4 is 16.6 Å². The fraction of sp³-hybridized carbons (Fsp3) is 0.167. The lowest BCUT2D eigenvalue weighted by atomic mass is 10.1. The second kappa shape index (κ2) is 9.34. The van der Waals surface area contributed by atoms with Gasteiger partial charge in [0, 0.05) is 6.92 Å². The van der Waals surface area contributed by atoms with Crippen LogP contribution in [0.15, 0.2) is 58.0 Å². The van der Waals surface area contributed by atoms with Crippen LogP contribution in [0.3, 0.4) is 0 Å². The Labute approximate surface area is 209 Å². The summed E-state index contributed by atoms with van der Waals surface area (Å²) in [6.45, 7) is 3.56. The molecule has 0 radical (unpaired) electrons. The molecule has 0 saturated heterocycles. The molecule has 5 rings (SSSR count). The van der Waals surface area contributed by atoms with E-state index in [-0.39, 0.29) is 22.1 Å². The van der Waals surface area contributed by atoms with Gasteiger partial charge in [0.15, 0.2) is 0 Å². The van der Waals surface area contributed by atoms with Gasteiger partial charge in [0.05, 0.1) is 27.7 Å². The van der Waals surface area contributed by atoms with Gasteiger partial charge in [-0.15, -0.1) is 10.2 Å². The number of hydrogen-bond acceptors (Lipinski definition) is 9. The monoisotopic (exact) mass is 506 g/mol. The van der Waals surface area contributed by atoms with Gasteiger partial charge in [0.2, 0.25) is 5.89 Å². The second-order valence-electron chi connectivity index (χ2n) is 7.94. The molecule has 182 valence electrons. The lowest BCUT2D eigenvalue weighted by Crippen LogP contribution is -2.28. The van der Waals surface area contributed by atoms with Crippen LogP contribution in [0.5, 0.6) is 0 Å². The van der Waals surface area contributed by atoms with Crippen molar-refractivity contribution < 1.29 is 8.81 Å². The van der Waals surface area contributed by atoms with E-state index >= 15 is 0 Å². The third kappa shape index (κ3) is 4.13. The van der Waals surface area contributed by atoms with E-state index in [0.717, 1.165) is 0 Å². The first kappa shape index (κ1) is 23.4. The first-order valence-corrected chi connectivity index (χ1v) is 11.4. The van der Waals surface area contributed by atoms with Crippen molar-refractivity contribution >= 4 is 34.1 Å². The minimum atomic E-state index is -0.568. The van der Waals surface area contributed by atoms with Crippen LogP contribution in [0.1, 0.15) is 31.1 Å². The number of benzene rings is 2. The molecule has 0 aliphatic carbocycles. The van der Waals surface area contributed by atoms with Crippen molar-refractivity contribution in [2.75, 3.05) is 11.1 Å². The van der Waals surface area contributed by atoms with Gasteiger partial charge in [-0.2, -0.15) is 0 Å². The van der Waals surface area contributed by atoms with Crippen LogP contribution in [0, 0.1) is 12.7 Å². The van der Waals surface area contributed by atoms with Gasteiger partial charge >= 0.3 is 0 Å². The quantitative estimate of drug-likeness (QED) is 0.341. The van der Waals surface area contributed by atoms with Gasteiger partial charge in [0.1, 0.15) is 35.2 Å². The molecule has 3 heterocycles. The van der Waals surface area contributed by atoms with Crippen molar-refractivity contribution in [2.45, 2.75) is 26.3 Å². The molecule has 0 aliphatic heterocycles.